The molecule has 1 aromatic carbocycles. The van der Waals surface area contributed by atoms with Crippen molar-refractivity contribution < 1.29 is 9.53 Å². The highest BCUT2D eigenvalue weighted by atomic mass is 16.5. The molecule has 0 radical (unpaired) electrons. The van der Waals surface area contributed by atoms with Gasteiger partial charge in [-0.05, 0) is 37.9 Å². The van der Waals surface area contributed by atoms with Gasteiger partial charge in [-0.2, -0.15) is 0 Å². The molecule has 1 aromatic rings. The van der Waals surface area contributed by atoms with Crippen molar-refractivity contribution >= 4 is 11.7 Å². The van der Waals surface area contributed by atoms with Crippen LogP contribution in [-0.2, 0) is 16.0 Å². The predicted molar refractivity (Wildman–Crippen MR) is 81.1 cm³/mol. The van der Waals surface area contributed by atoms with E-state index in [4.69, 9.17) is 4.74 Å². The fourth-order valence-electron chi connectivity index (χ4n) is 2.72. The van der Waals surface area contributed by atoms with Crippen molar-refractivity contribution in [2.24, 2.45) is 0 Å². The molecule has 0 aromatic heterocycles. The molecular formula is C16H24N2O2. The Morgan fingerprint density at radius 2 is 2.20 bits per heavy atom. The van der Waals surface area contributed by atoms with Crippen LogP contribution in [0.3, 0.4) is 0 Å². The summed E-state index contributed by atoms with van der Waals surface area (Å²) in [7, 11) is 0. The molecule has 0 spiro atoms. The highest BCUT2D eigenvalue weighted by Gasteiger charge is 2.22. The Labute approximate surface area is 121 Å². The van der Waals surface area contributed by atoms with E-state index in [1.54, 1.807) is 0 Å². The largest absolute Gasteiger partial charge is 0.465 e. The zero-order valence-corrected chi connectivity index (χ0v) is 12.4. The number of para-hydroxylation sites is 1. The monoisotopic (exact) mass is 276 g/mol. The number of carbonyl (C=O) groups excluding carboxylic acids is 1. The maximum absolute atomic E-state index is 11.9. The molecule has 1 N–H and O–H groups in total. The van der Waals surface area contributed by atoms with Crippen LogP contribution >= 0.6 is 0 Å². The predicted octanol–water partition coefficient (Wildman–Crippen LogP) is 1.98. The number of nitrogens with one attached hydrogen (secondary N) is 1. The first-order valence-electron chi connectivity index (χ1n) is 7.49. The molecule has 20 heavy (non-hydrogen) atoms. The fourth-order valence-corrected chi connectivity index (χ4v) is 2.72. The first kappa shape index (κ1) is 14.9. The third kappa shape index (κ3) is 3.51. The SMILES string of the molecule is CCNC(CCN1CCc2ccccc21)C(=O)OCC. The second-order valence-electron chi connectivity index (χ2n) is 5.02. The van der Waals surface area contributed by atoms with Crippen molar-refractivity contribution in [3.8, 4) is 0 Å². The minimum absolute atomic E-state index is 0.137. The van der Waals surface area contributed by atoms with Crippen LogP contribution < -0.4 is 10.2 Å². The standard InChI is InChI=1S/C16H24N2O2/c1-3-17-14(16(19)20-4-2)10-12-18-11-9-13-7-5-6-8-15(13)18/h5-8,14,17H,3-4,9-12H2,1-2H3. The van der Waals surface area contributed by atoms with Gasteiger partial charge in [-0.3, -0.25) is 4.79 Å². The minimum atomic E-state index is -0.201. The van der Waals surface area contributed by atoms with E-state index < -0.39 is 0 Å². The van der Waals surface area contributed by atoms with Crippen LogP contribution in [-0.4, -0.2) is 38.3 Å². The van der Waals surface area contributed by atoms with Gasteiger partial charge in [0.1, 0.15) is 6.04 Å². The first-order valence-corrected chi connectivity index (χ1v) is 7.49. The lowest BCUT2D eigenvalue weighted by atomic mass is 10.1. The molecule has 0 fully saturated rings. The average Bonchev–Trinajstić information content (AvgIpc) is 2.87. The highest BCUT2D eigenvalue weighted by Crippen LogP contribution is 2.27. The van der Waals surface area contributed by atoms with Gasteiger partial charge in [-0.25, -0.2) is 0 Å². The van der Waals surface area contributed by atoms with Gasteiger partial charge in [-0.15, -0.1) is 0 Å². The topological polar surface area (TPSA) is 41.6 Å². The lowest BCUT2D eigenvalue weighted by Gasteiger charge is -2.23. The van der Waals surface area contributed by atoms with Crippen LogP contribution in [0.2, 0.25) is 0 Å². The molecule has 2 rings (SSSR count). The van der Waals surface area contributed by atoms with Crippen molar-refractivity contribution in [3.63, 3.8) is 0 Å². The third-order valence-electron chi connectivity index (χ3n) is 3.69. The maximum Gasteiger partial charge on any atom is 0.323 e. The second kappa shape index (κ2) is 7.29. The first-order chi connectivity index (χ1) is 9.76. The van der Waals surface area contributed by atoms with Gasteiger partial charge in [0.15, 0.2) is 0 Å². The number of fused-ring (bicyclic) bond motifs is 1. The third-order valence-corrected chi connectivity index (χ3v) is 3.69. The Kier molecular flexibility index (Phi) is 5.41. The van der Waals surface area contributed by atoms with E-state index in [1.807, 2.05) is 13.8 Å². The molecule has 0 aliphatic carbocycles. The maximum atomic E-state index is 11.9. The molecular weight excluding hydrogens is 252 g/mol. The highest BCUT2D eigenvalue weighted by molar-refractivity contribution is 5.75. The molecule has 1 atom stereocenters. The molecule has 4 heteroatoms. The van der Waals surface area contributed by atoms with E-state index in [9.17, 15) is 4.79 Å². The van der Waals surface area contributed by atoms with Gasteiger partial charge in [-0.1, -0.05) is 25.1 Å². The van der Waals surface area contributed by atoms with Gasteiger partial charge in [0.05, 0.1) is 6.61 Å². The second-order valence-corrected chi connectivity index (χ2v) is 5.02. The molecule has 1 aliphatic heterocycles. The molecule has 110 valence electrons. The van der Waals surface area contributed by atoms with Crippen LogP contribution in [0.1, 0.15) is 25.8 Å². The van der Waals surface area contributed by atoms with Crippen molar-refractivity contribution in [1.29, 1.82) is 0 Å². The number of anilines is 1. The number of likely N-dealkylation sites (N-methyl/N-ethyl adjacent to an activating group) is 1. The number of carbonyl (C=O) groups is 1. The molecule has 1 aliphatic rings. The smallest absolute Gasteiger partial charge is 0.323 e. The van der Waals surface area contributed by atoms with Crippen LogP contribution in [0.15, 0.2) is 24.3 Å². The molecule has 0 saturated heterocycles. The summed E-state index contributed by atoms with van der Waals surface area (Å²) in [6.07, 6.45) is 1.88. The summed E-state index contributed by atoms with van der Waals surface area (Å²) in [5, 5.41) is 3.21. The summed E-state index contributed by atoms with van der Waals surface area (Å²) in [6.45, 7) is 7.00. The van der Waals surface area contributed by atoms with E-state index in [1.165, 1.54) is 11.3 Å². The summed E-state index contributed by atoms with van der Waals surface area (Å²) < 4.78 is 5.12. The van der Waals surface area contributed by atoms with Gasteiger partial charge in [0.2, 0.25) is 0 Å². The molecule has 1 heterocycles. The van der Waals surface area contributed by atoms with E-state index in [2.05, 4.69) is 34.5 Å². The van der Waals surface area contributed by atoms with Crippen molar-refractivity contribution in [1.82, 2.24) is 5.32 Å². The zero-order valence-electron chi connectivity index (χ0n) is 12.4. The van der Waals surface area contributed by atoms with Crippen LogP contribution in [0.25, 0.3) is 0 Å². The summed E-state index contributed by atoms with van der Waals surface area (Å²) in [6, 6.07) is 8.30. The van der Waals surface area contributed by atoms with E-state index in [-0.39, 0.29) is 12.0 Å². The average molecular weight is 276 g/mol. The van der Waals surface area contributed by atoms with Crippen molar-refractivity contribution in [2.75, 3.05) is 31.1 Å². The Morgan fingerprint density at radius 1 is 1.40 bits per heavy atom. The van der Waals surface area contributed by atoms with Gasteiger partial charge in [0.25, 0.3) is 0 Å². The zero-order chi connectivity index (χ0) is 14.4. The van der Waals surface area contributed by atoms with Gasteiger partial charge in [0, 0.05) is 18.8 Å². The van der Waals surface area contributed by atoms with Crippen LogP contribution in [0, 0.1) is 0 Å². The summed E-state index contributed by atoms with van der Waals surface area (Å²) in [5.41, 5.74) is 2.72. The number of hydrogen-bond donors (Lipinski definition) is 1. The van der Waals surface area contributed by atoms with Crippen LogP contribution in [0.5, 0.6) is 0 Å². The van der Waals surface area contributed by atoms with Gasteiger partial charge < -0.3 is 15.0 Å². The molecule has 4 nitrogen and oxygen atoms in total. The Balaban J connectivity index is 1.92. The van der Waals surface area contributed by atoms with E-state index in [0.717, 1.165) is 32.5 Å². The van der Waals surface area contributed by atoms with E-state index in [0.29, 0.717) is 6.61 Å². The lowest BCUT2D eigenvalue weighted by Crippen LogP contribution is -2.40. The number of rotatable bonds is 7. The molecule has 0 saturated carbocycles. The summed E-state index contributed by atoms with van der Waals surface area (Å²) >= 11 is 0. The number of ether oxygens (including phenoxy) is 1. The number of esters is 1. The van der Waals surface area contributed by atoms with Gasteiger partial charge >= 0.3 is 5.97 Å². The Hall–Kier alpha value is -1.55. The normalized spacial score (nSPS) is 15.0. The Bertz CT molecular complexity index is 448. The molecule has 0 bridgehead atoms. The van der Waals surface area contributed by atoms with Crippen molar-refractivity contribution in [2.45, 2.75) is 32.7 Å². The number of nitrogens with zero attached hydrogens (tertiary/aromatic N) is 1. The lowest BCUT2D eigenvalue weighted by molar-refractivity contribution is -0.145. The Morgan fingerprint density at radius 3 is 2.95 bits per heavy atom. The van der Waals surface area contributed by atoms with E-state index >= 15 is 0 Å². The molecule has 0 amide bonds. The van der Waals surface area contributed by atoms with Crippen molar-refractivity contribution in [3.05, 3.63) is 29.8 Å². The number of benzene rings is 1. The fraction of sp³-hybridized carbons (Fsp3) is 0.562. The quantitative estimate of drug-likeness (QED) is 0.773. The minimum Gasteiger partial charge on any atom is -0.465 e. The summed E-state index contributed by atoms with van der Waals surface area (Å²) in [5.74, 6) is -0.137. The van der Waals surface area contributed by atoms with Crippen LogP contribution in [0.4, 0.5) is 5.69 Å². The number of hydrogen-bond acceptors (Lipinski definition) is 4. The summed E-state index contributed by atoms with van der Waals surface area (Å²) in [4.78, 5) is 14.2. The molecule has 1 unspecified atom stereocenters.